The number of hydrogen-bond donors (Lipinski definition) is 3. The maximum absolute atomic E-state index is 13.7. The van der Waals surface area contributed by atoms with Crippen molar-refractivity contribution in [3.05, 3.63) is 75.7 Å². The van der Waals surface area contributed by atoms with Crippen LogP contribution in [-0.4, -0.2) is 54.6 Å². The Morgan fingerprint density at radius 2 is 1.80 bits per heavy atom. The predicted octanol–water partition coefficient (Wildman–Crippen LogP) is 3.74. The Hall–Kier alpha value is -4.20. The van der Waals surface area contributed by atoms with Crippen molar-refractivity contribution < 1.29 is 36.3 Å². The van der Waals surface area contributed by atoms with Crippen molar-refractivity contribution in [1.29, 1.82) is 0 Å². The first kappa shape index (κ1) is 28.8. The van der Waals surface area contributed by atoms with Crippen molar-refractivity contribution in [2.24, 2.45) is 0 Å². The van der Waals surface area contributed by atoms with Crippen LogP contribution in [0.4, 0.5) is 33.5 Å². The molecule has 2 aromatic carbocycles. The molecule has 3 aromatic rings. The number of alkyl halides is 3. The second kappa shape index (κ2) is 11.1. The van der Waals surface area contributed by atoms with Crippen molar-refractivity contribution in [2.75, 3.05) is 30.9 Å². The summed E-state index contributed by atoms with van der Waals surface area (Å²) in [5.41, 5.74) is 1.11. The lowest BCUT2D eigenvalue weighted by Crippen LogP contribution is -2.40. The number of aromatic nitrogens is 2. The van der Waals surface area contributed by atoms with Gasteiger partial charge in [-0.1, -0.05) is 11.6 Å². The minimum Gasteiger partial charge on any atom is -0.373 e. The highest BCUT2D eigenvalue weighted by Gasteiger charge is 2.46. The number of likely N-dealkylation sites (N-methyl/N-ethyl adjacent to an activating group) is 1. The van der Waals surface area contributed by atoms with Gasteiger partial charge in [-0.15, -0.1) is 0 Å². The van der Waals surface area contributed by atoms with Crippen molar-refractivity contribution in [3.63, 3.8) is 0 Å². The van der Waals surface area contributed by atoms with Gasteiger partial charge in [-0.05, 0) is 42.0 Å². The molecule has 0 aliphatic carbocycles. The molecule has 0 saturated carbocycles. The minimum absolute atomic E-state index is 0.0324. The van der Waals surface area contributed by atoms with Crippen LogP contribution in [0.25, 0.3) is 0 Å². The van der Waals surface area contributed by atoms with E-state index in [1.165, 1.54) is 46.8 Å². The van der Waals surface area contributed by atoms with Gasteiger partial charge >= 0.3 is 6.18 Å². The van der Waals surface area contributed by atoms with Crippen LogP contribution in [0.5, 0.6) is 0 Å². The van der Waals surface area contributed by atoms with E-state index in [0.29, 0.717) is 17.8 Å². The van der Waals surface area contributed by atoms with Crippen LogP contribution in [0.15, 0.2) is 36.4 Å². The standard InChI is InChI=1S/C15H13ClFN5O3.C10H9F4N/c1-18-15(25)14-21-13(19-6-23)12-11(20-10(24)5-22(12)14)8-4-7(17)2-3-9(8)16;1-15-5-8(10(12,13)14)7-4-6(11)2-3-9(7)15/h2-4,6,11H,5H2,1H3,(H,18,25)(H,19,23)(H,20,24);2-4,8H,5H2,1H3. The number of fused-ring (bicyclic) bond motifs is 2. The summed E-state index contributed by atoms with van der Waals surface area (Å²) in [5.74, 6) is -3.64. The SMILES string of the molecule is CN1CC(C(F)(F)F)c2cc(F)ccc21.CNC(=O)c1nc(NC=O)c2n1CC(=O)NC2c1cc(F)ccc1Cl. The van der Waals surface area contributed by atoms with Gasteiger partial charge in [0.05, 0.1) is 17.7 Å². The van der Waals surface area contributed by atoms with E-state index in [9.17, 15) is 36.3 Å². The third kappa shape index (κ3) is 5.57. The molecule has 0 bridgehead atoms. The molecule has 2 atom stereocenters. The number of benzene rings is 2. The molecule has 0 saturated heterocycles. The summed E-state index contributed by atoms with van der Waals surface area (Å²) < 4.78 is 65.7. The summed E-state index contributed by atoms with van der Waals surface area (Å²) in [6.07, 6.45) is -3.91. The predicted molar refractivity (Wildman–Crippen MR) is 135 cm³/mol. The summed E-state index contributed by atoms with van der Waals surface area (Å²) in [6, 6.07) is 6.38. The number of halogens is 6. The Morgan fingerprint density at radius 3 is 2.42 bits per heavy atom. The zero-order chi connectivity index (χ0) is 29.4. The maximum atomic E-state index is 13.7. The molecule has 9 nitrogen and oxygen atoms in total. The van der Waals surface area contributed by atoms with Gasteiger partial charge in [-0.25, -0.2) is 13.8 Å². The summed E-state index contributed by atoms with van der Waals surface area (Å²) in [7, 11) is 2.99. The van der Waals surface area contributed by atoms with Crippen LogP contribution < -0.4 is 20.9 Å². The number of nitrogens with zero attached hydrogens (tertiary/aromatic N) is 3. The smallest absolute Gasteiger partial charge is 0.373 e. The van der Waals surface area contributed by atoms with Gasteiger partial charge in [0, 0.05) is 36.9 Å². The van der Waals surface area contributed by atoms with Gasteiger partial charge < -0.3 is 25.4 Å². The van der Waals surface area contributed by atoms with Gasteiger partial charge in [0.1, 0.15) is 18.2 Å². The number of carbonyl (C=O) groups excluding carboxylic acids is 3. The van der Waals surface area contributed by atoms with Crippen molar-refractivity contribution in [1.82, 2.24) is 20.2 Å². The van der Waals surface area contributed by atoms with Crippen LogP contribution >= 0.6 is 11.6 Å². The van der Waals surface area contributed by atoms with Gasteiger partial charge in [0.15, 0.2) is 5.82 Å². The highest BCUT2D eigenvalue weighted by Crippen LogP contribution is 2.44. The number of anilines is 2. The lowest BCUT2D eigenvalue weighted by atomic mass is 10.0. The lowest BCUT2D eigenvalue weighted by molar-refractivity contribution is -0.146. The fourth-order valence-corrected chi connectivity index (χ4v) is 4.87. The van der Waals surface area contributed by atoms with Crippen LogP contribution in [0.3, 0.4) is 0 Å². The normalized spacial score (nSPS) is 17.7. The largest absolute Gasteiger partial charge is 0.397 e. The van der Waals surface area contributed by atoms with Gasteiger partial charge in [-0.3, -0.25) is 14.4 Å². The topological polar surface area (TPSA) is 108 Å². The molecule has 0 fully saturated rings. The van der Waals surface area contributed by atoms with E-state index in [2.05, 4.69) is 20.9 Å². The van der Waals surface area contributed by atoms with Crippen molar-refractivity contribution in [2.45, 2.75) is 24.7 Å². The fraction of sp³-hybridized carbons (Fsp3) is 0.280. The van der Waals surface area contributed by atoms with Crippen molar-refractivity contribution >= 4 is 41.3 Å². The van der Waals surface area contributed by atoms with Crippen LogP contribution in [0, 0.1) is 11.6 Å². The van der Waals surface area contributed by atoms with Crippen LogP contribution in [-0.2, 0) is 16.1 Å². The molecule has 5 rings (SSSR count). The first-order valence-corrected chi connectivity index (χ1v) is 12.1. The number of amides is 3. The zero-order valence-electron chi connectivity index (χ0n) is 20.9. The molecule has 3 heterocycles. The third-order valence-corrected chi connectivity index (χ3v) is 6.75. The third-order valence-electron chi connectivity index (χ3n) is 6.41. The van der Waals surface area contributed by atoms with Crippen LogP contribution in [0.1, 0.15) is 39.4 Å². The Morgan fingerprint density at radius 1 is 1.15 bits per heavy atom. The second-order valence-corrected chi connectivity index (χ2v) is 9.35. The number of imidazole rings is 1. The van der Waals surface area contributed by atoms with E-state index < -0.39 is 41.6 Å². The molecule has 3 N–H and O–H groups in total. The molecule has 2 aliphatic rings. The van der Waals surface area contributed by atoms with E-state index in [1.807, 2.05) is 0 Å². The highest BCUT2D eigenvalue weighted by molar-refractivity contribution is 6.31. The summed E-state index contributed by atoms with van der Waals surface area (Å²) >= 11 is 6.15. The molecule has 2 aliphatic heterocycles. The molecule has 15 heteroatoms. The van der Waals surface area contributed by atoms with E-state index >= 15 is 0 Å². The summed E-state index contributed by atoms with van der Waals surface area (Å²) in [5, 5.41) is 7.73. The maximum Gasteiger partial charge on any atom is 0.397 e. The first-order chi connectivity index (χ1) is 18.8. The van der Waals surface area contributed by atoms with E-state index in [4.69, 9.17) is 11.6 Å². The lowest BCUT2D eigenvalue weighted by Gasteiger charge is -2.27. The van der Waals surface area contributed by atoms with Gasteiger partial charge in [0.25, 0.3) is 5.91 Å². The van der Waals surface area contributed by atoms with E-state index in [-0.39, 0.29) is 40.9 Å². The monoisotopic (exact) mass is 584 g/mol. The Kier molecular flexibility index (Phi) is 8.00. The van der Waals surface area contributed by atoms with Gasteiger partial charge in [-0.2, -0.15) is 13.2 Å². The van der Waals surface area contributed by atoms with Gasteiger partial charge in [0.2, 0.25) is 18.1 Å². The molecule has 212 valence electrons. The fourth-order valence-electron chi connectivity index (χ4n) is 4.65. The average molecular weight is 585 g/mol. The highest BCUT2D eigenvalue weighted by atomic mass is 35.5. The van der Waals surface area contributed by atoms with Crippen molar-refractivity contribution in [3.8, 4) is 0 Å². The second-order valence-electron chi connectivity index (χ2n) is 8.94. The molecule has 3 amide bonds. The summed E-state index contributed by atoms with van der Waals surface area (Å²) in [6.45, 7) is -0.308. The minimum atomic E-state index is -4.31. The number of hydrogen-bond acceptors (Lipinski definition) is 5. The zero-order valence-corrected chi connectivity index (χ0v) is 21.7. The number of rotatable bonds is 4. The molecular weight excluding hydrogens is 563 g/mol. The van der Waals surface area contributed by atoms with Crippen LogP contribution in [0.2, 0.25) is 5.02 Å². The van der Waals surface area contributed by atoms with E-state index in [0.717, 1.165) is 6.07 Å². The van der Waals surface area contributed by atoms with E-state index in [1.54, 1.807) is 7.05 Å². The number of nitrogens with one attached hydrogen (secondary N) is 3. The Labute approximate surface area is 229 Å². The first-order valence-electron chi connectivity index (χ1n) is 11.7. The summed E-state index contributed by atoms with van der Waals surface area (Å²) in [4.78, 5) is 40.7. The molecule has 1 aromatic heterocycles. The Bertz CT molecular complexity index is 1480. The molecule has 0 spiro atoms. The average Bonchev–Trinajstić information content (AvgIpc) is 3.42. The molecular formula is C25H22ClF5N6O3. The number of carbonyl (C=O) groups is 3. The molecule has 40 heavy (non-hydrogen) atoms. The molecule has 2 unspecified atom stereocenters. The Balaban J connectivity index is 0.000000210. The quantitative estimate of drug-likeness (QED) is 0.320. The molecule has 0 radical (unpaired) electrons.